The number of amides is 2. The Morgan fingerprint density at radius 1 is 1.13 bits per heavy atom. The zero-order valence-electron chi connectivity index (χ0n) is 13.8. The highest BCUT2D eigenvalue weighted by molar-refractivity contribution is 6.03. The minimum Gasteiger partial charge on any atom is -0.497 e. The SMILES string of the molecule is COc1ccc(N2C(=O)CCC2C(=O)N2CCC(C)CC2)cc1. The van der Waals surface area contributed by atoms with Crippen LogP contribution in [-0.4, -0.2) is 43.0 Å². The van der Waals surface area contributed by atoms with E-state index in [0.717, 1.165) is 37.4 Å². The summed E-state index contributed by atoms with van der Waals surface area (Å²) in [6.45, 7) is 3.84. The zero-order chi connectivity index (χ0) is 16.4. The molecule has 2 heterocycles. The van der Waals surface area contributed by atoms with Gasteiger partial charge in [0.15, 0.2) is 0 Å². The summed E-state index contributed by atoms with van der Waals surface area (Å²) in [5.41, 5.74) is 0.775. The third-order valence-corrected chi connectivity index (χ3v) is 4.94. The van der Waals surface area contributed by atoms with Crippen LogP contribution in [0.3, 0.4) is 0 Å². The molecule has 0 spiro atoms. The number of carbonyl (C=O) groups excluding carboxylic acids is 2. The van der Waals surface area contributed by atoms with Crippen molar-refractivity contribution in [2.75, 3.05) is 25.1 Å². The number of rotatable bonds is 3. The van der Waals surface area contributed by atoms with Crippen LogP contribution >= 0.6 is 0 Å². The molecule has 2 aliphatic rings. The van der Waals surface area contributed by atoms with Gasteiger partial charge in [0, 0.05) is 25.2 Å². The van der Waals surface area contributed by atoms with Crippen molar-refractivity contribution in [3.63, 3.8) is 0 Å². The molecule has 3 rings (SSSR count). The van der Waals surface area contributed by atoms with Gasteiger partial charge >= 0.3 is 0 Å². The highest BCUT2D eigenvalue weighted by Gasteiger charge is 2.39. The van der Waals surface area contributed by atoms with Crippen molar-refractivity contribution in [1.82, 2.24) is 4.90 Å². The normalized spacial score (nSPS) is 22.5. The second-order valence-corrected chi connectivity index (χ2v) is 6.52. The second kappa shape index (κ2) is 6.60. The molecule has 2 fully saturated rings. The monoisotopic (exact) mass is 316 g/mol. The standard InChI is InChI=1S/C18H24N2O3/c1-13-9-11-19(12-10-13)18(22)16-7-8-17(21)20(16)14-3-5-15(23-2)6-4-14/h3-6,13,16H,7-12H2,1-2H3. The molecule has 0 saturated carbocycles. The lowest BCUT2D eigenvalue weighted by atomic mass is 9.98. The quantitative estimate of drug-likeness (QED) is 0.860. The first-order valence-electron chi connectivity index (χ1n) is 8.35. The minimum atomic E-state index is -0.357. The third-order valence-electron chi connectivity index (χ3n) is 4.94. The maximum absolute atomic E-state index is 12.9. The topological polar surface area (TPSA) is 49.9 Å². The second-order valence-electron chi connectivity index (χ2n) is 6.52. The van der Waals surface area contributed by atoms with Gasteiger partial charge in [-0.25, -0.2) is 0 Å². The lowest BCUT2D eigenvalue weighted by Gasteiger charge is -2.34. The Labute approximate surface area is 137 Å². The van der Waals surface area contributed by atoms with Gasteiger partial charge in [-0.1, -0.05) is 6.92 Å². The largest absolute Gasteiger partial charge is 0.497 e. The summed E-state index contributed by atoms with van der Waals surface area (Å²) >= 11 is 0. The van der Waals surface area contributed by atoms with E-state index in [9.17, 15) is 9.59 Å². The molecule has 1 aromatic rings. The molecule has 0 aromatic heterocycles. The third kappa shape index (κ3) is 3.19. The smallest absolute Gasteiger partial charge is 0.245 e. The van der Waals surface area contributed by atoms with Crippen molar-refractivity contribution >= 4 is 17.5 Å². The van der Waals surface area contributed by atoms with Gasteiger partial charge in [-0.15, -0.1) is 0 Å². The van der Waals surface area contributed by atoms with Gasteiger partial charge in [-0.3, -0.25) is 14.5 Å². The lowest BCUT2D eigenvalue weighted by molar-refractivity contribution is -0.134. The maximum atomic E-state index is 12.9. The van der Waals surface area contributed by atoms with Crippen molar-refractivity contribution in [3.05, 3.63) is 24.3 Å². The number of hydrogen-bond acceptors (Lipinski definition) is 3. The Morgan fingerprint density at radius 2 is 1.78 bits per heavy atom. The molecule has 1 aromatic carbocycles. The molecule has 23 heavy (non-hydrogen) atoms. The molecule has 2 saturated heterocycles. The van der Waals surface area contributed by atoms with Crippen molar-refractivity contribution in [1.29, 1.82) is 0 Å². The molecule has 5 heteroatoms. The van der Waals surface area contributed by atoms with Crippen molar-refractivity contribution < 1.29 is 14.3 Å². The molecule has 2 amide bonds. The van der Waals surface area contributed by atoms with Crippen LogP contribution in [0.15, 0.2) is 24.3 Å². The first-order chi connectivity index (χ1) is 11.1. The van der Waals surface area contributed by atoms with Crippen molar-refractivity contribution in [2.45, 2.75) is 38.6 Å². The molecular weight excluding hydrogens is 292 g/mol. The van der Waals surface area contributed by atoms with E-state index in [1.54, 1.807) is 12.0 Å². The van der Waals surface area contributed by atoms with Crippen LogP contribution in [-0.2, 0) is 9.59 Å². The summed E-state index contributed by atoms with van der Waals surface area (Å²) < 4.78 is 5.16. The fraction of sp³-hybridized carbons (Fsp3) is 0.556. The van der Waals surface area contributed by atoms with Crippen LogP contribution in [0.5, 0.6) is 5.75 Å². The zero-order valence-corrected chi connectivity index (χ0v) is 13.8. The fourth-order valence-corrected chi connectivity index (χ4v) is 3.42. The molecule has 0 bridgehead atoms. The Kier molecular flexibility index (Phi) is 4.55. The number of anilines is 1. The molecule has 0 aliphatic carbocycles. The van der Waals surface area contributed by atoms with E-state index in [1.807, 2.05) is 29.2 Å². The van der Waals surface area contributed by atoms with Crippen LogP contribution in [0.4, 0.5) is 5.69 Å². The van der Waals surface area contributed by atoms with Gasteiger partial charge in [0.2, 0.25) is 11.8 Å². The summed E-state index contributed by atoms with van der Waals surface area (Å²) in [7, 11) is 1.61. The van der Waals surface area contributed by atoms with E-state index >= 15 is 0 Å². The first-order valence-corrected chi connectivity index (χ1v) is 8.35. The molecule has 0 radical (unpaired) electrons. The summed E-state index contributed by atoms with van der Waals surface area (Å²) in [6.07, 6.45) is 3.15. The fourth-order valence-electron chi connectivity index (χ4n) is 3.42. The van der Waals surface area contributed by atoms with E-state index in [2.05, 4.69) is 6.92 Å². The number of carbonyl (C=O) groups is 2. The number of likely N-dealkylation sites (tertiary alicyclic amines) is 1. The van der Waals surface area contributed by atoms with Gasteiger partial charge in [0.25, 0.3) is 0 Å². The summed E-state index contributed by atoms with van der Waals surface area (Å²) in [5, 5.41) is 0. The van der Waals surface area contributed by atoms with Crippen LogP contribution in [0.1, 0.15) is 32.6 Å². The lowest BCUT2D eigenvalue weighted by Crippen LogP contribution is -2.49. The molecule has 2 aliphatic heterocycles. The molecule has 1 unspecified atom stereocenters. The predicted molar refractivity (Wildman–Crippen MR) is 88.5 cm³/mol. The van der Waals surface area contributed by atoms with Gasteiger partial charge in [0.05, 0.1) is 7.11 Å². The number of nitrogens with zero attached hydrogens (tertiary/aromatic N) is 2. The first kappa shape index (κ1) is 15.8. The Bertz CT molecular complexity index is 576. The molecule has 0 N–H and O–H groups in total. The van der Waals surface area contributed by atoms with E-state index in [-0.39, 0.29) is 17.9 Å². The van der Waals surface area contributed by atoms with Gasteiger partial charge in [-0.05, 0) is 49.4 Å². The number of hydrogen-bond donors (Lipinski definition) is 0. The Morgan fingerprint density at radius 3 is 2.39 bits per heavy atom. The molecular formula is C18H24N2O3. The average molecular weight is 316 g/mol. The van der Waals surface area contributed by atoms with E-state index in [0.29, 0.717) is 18.8 Å². The van der Waals surface area contributed by atoms with E-state index in [1.165, 1.54) is 0 Å². The van der Waals surface area contributed by atoms with Crippen LogP contribution in [0.2, 0.25) is 0 Å². The maximum Gasteiger partial charge on any atom is 0.245 e. The Balaban J connectivity index is 1.77. The van der Waals surface area contributed by atoms with Gasteiger partial charge in [-0.2, -0.15) is 0 Å². The van der Waals surface area contributed by atoms with Crippen LogP contribution in [0.25, 0.3) is 0 Å². The average Bonchev–Trinajstić information content (AvgIpc) is 2.96. The summed E-state index contributed by atoms with van der Waals surface area (Å²) in [4.78, 5) is 28.8. The van der Waals surface area contributed by atoms with E-state index < -0.39 is 0 Å². The highest BCUT2D eigenvalue weighted by atomic mass is 16.5. The number of ether oxygens (including phenoxy) is 1. The minimum absolute atomic E-state index is 0.0268. The number of methoxy groups -OCH3 is 1. The molecule has 5 nitrogen and oxygen atoms in total. The van der Waals surface area contributed by atoms with Crippen molar-refractivity contribution in [2.24, 2.45) is 5.92 Å². The van der Waals surface area contributed by atoms with Gasteiger partial charge in [0.1, 0.15) is 11.8 Å². The van der Waals surface area contributed by atoms with Gasteiger partial charge < -0.3 is 9.64 Å². The van der Waals surface area contributed by atoms with Crippen LogP contribution < -0.4 is 9.64 Å². The molecule has 1 atom stereocenters. The number of benzene rings is 1. The molecule has 124 valence electrons. The summed E-state index contributed by atoms with van der Waals surface area (Å²) in [6, 6.07) is 6.99. The summed E-state index contributed by atoms with van der Waals surface area (Å²) in [5.74, 6) is 1.55. The Hall–Kier alpha value is -2.04. The highest BCUT2D eigenvalue weighted by Crippen LogP contribution is 2.30. The van der Waals surface area contributed by atoms with E-state index in [4.69, 9.17) is 4.74 Å². The predicted octanol–water partition coefficient (Wildman–Crippen LogP) is 2.45. The van der Waals surface area contributed by atoms with Crippen LogP contribution in [0, 0.1) is 5.92 Å². The van der Waals surface area contributed by atoms with Crippen molar-refractivity contribution in [3.8, 4) is 5.75 Å². The number of piperidine rings is 1.